The number of hydrogen-bond acceptors (Lipinski definition) is 3. The van der Waals surface area contributed by atoms with Crippen molar-refractivity contribution in [3.63, 3.8) is 0 Å². The van der Waals surface area contributed by atoms with Gasteiger partial charge in [-0.25, -0.2) is 0 Å². The topological polar surface area (TPSA) is 27.7 Å². The normalized spacial score (nSPS) is 15.6. The zero-order chi connectivity index (χ0) is 16.6. The van der Waals surface area contributed by atoms with Crippen molar-refractivity contribution in [1.82, 2.24) is 0 Å². The molecule has 0 fully saturated rings. The van der Waals surface area contributed by atoms with Gasteiger partial charge < -0.3 is 12.3 Å². The molecule has 0 spiro atoms. The van der Waals surface area contributed by atoms with Crippen LogP contribution in [0.5, 0.6) is 0 Å². The van der Waals surface area contributed by atoms with Gasteiger partial charge in [-0.15, -0.1) is 0 Å². The zero-order valence-corrected chi connectivity index (χ0v) is 19.7. The van der Waals surface area contributed by atoms with Crippen LogP contribution in [0.25, 0.3) is 0 Å². The fraction of sp³-hybridized carbons (Fsp3) is 1.00. The molecule has 0 amide bonds. The molecule has 0 aliphatic heterocycles. The Kier molecular flexibility index (Phi) is 6.32. The lowest BCUT2D eigenvalue weighted by Crippen LogP contribution is -2.57. The summed E-state index contributed by atoms with van der Waals surface area (Å²) in [6.45, 7) is 26.7. The minimum Gasteiger partial charge on any atom is -0.437 e. The Morgan fingerprint density at radius 1 is 0.550 bits per heavy atom. The van der Waals surface area contributed by atoms with Crippen LogP contribution in [-0.4, -0.2) is 33.8 Å². The van der Waals surface area contributed by atoms with Crippen LogP contribution >= 0.6 is 0 Å². The van der Waals surface area contributed by atoms with Crippen molar-refractivity contribution in [2.24, 2.45) is 0 Å². The van der Waals surface area contributed by atoms with Crippen molar-refractivity contribution >= 4 is 33.8 Å². The molecule has 0 heterocycles. The Hall–Kier alpha value is 0.748. The summed E-state index contributed by atoms with van der Waals surface area (Å²) in [5.41, 5.74) is 0. The molecule has 0 unspecified atom stereocenters. The third kappa shape index (κ3) is 7.67. The molecular weight excluding hydrogens is 316 g/mol. The standard InChI is InChI=1S/C13H36O3Si4/c1-13(2,3)18(7,8)15-20(11,12)16-19(9,10)14-17(4,5)6/h1-12H3. The summed E-state index contributed by atoms with van der Waals surface area (Å²) in [5, 5.41) is 0.214. The van der Waals surface area contributed by atoms with E-state index in [4.69, 9.17) is 12.3 Å². The lowest BCUT2D eigenvalue weighted by Gasteiger charge is -2.44. The van der Waals surface area contributed by atoms with Crippen molar-refractivity contribution in [2.45, 2.75) is 84.7 Å². The molecule has 0 saturated heterocycles. The third-order valence-corrected chi connectivity index (χ3v) is 19.3. The van der Waals surface area contributed by atoms with E-state index in [1.54, 1.807) is 0 Å². The summed E-state index contributed by atoms with van der Waals surface area (Å²) in [6.07, 6.45) is 0. The second-order valence-electron chi connectivity index (χ2n) is 8.98. The first kappa shape index (κ1) is 20.7. The molecule has 0 atom stereocenters. The SMILES string of the molecule is CC(C)(C)[Si](C)(C)O[Si](C)(C)O[Si](C)(C)O[Si](C)(C)C. The quantitative estimate of drug-likeness (QED) is 0.609. The third-order valence-electron chi connectivity index (χ3n) is 3.35. The van der Waals surface area contributed by atoms with Gasteiger partial charge in [-0.2, -0.15) is 0 Å². The zero-order valence-electron chi connectivity index (χ0n) is 15.7. The van der Waals surface area contributed by atoms with Crippen LogP contribution in [0.4, 0.5) is 0 Å². The summed E-state index contributed by atoms with van der Waals surface area (Å²) in [6, 6.07) is 0. The Morgan fingerprint density at radius 3 is 1.20 bits per heavy atom. The van der Waals surface area contributed by atoms with Crippen molar-refractivity contribution in [3.05, 3.63) is 0 Å². The molecule has 0 aromatic heterocycles. The smallest absolute Gasteiger partial charge is 0.312 e. The molecule has 122 valence electrons. The molecule has 7 heteroatoms. The monoisotopic (exact) mass is 352 g/mol. The Labute approximate surface area is 131 Å². The van der Waals surface area contributed by atoms with Gasteiger partial charge in [0.05, 0.1) is 0 Å². The van der Waals surface area contributed by atoms with Gasteiger partial charge in [0, 0.05) is 0 Å². The molecule has 0 saturated carbocycles. The van der Waals surface area contributed by atoms with E-state index in [-0.39, 0.29) is 5.04 Å². The highest BCUT2D eigenvalue weighted by molar-refractivity contribution is 6.89. The van der Waals surface area contributed by atoms with Crippen molar-refractivity contribution in [3.8, 4) is 0 Å². The minimum absolute atomic E-state index is 0.214. The number of rotatable bonds is 6. The van der Waals surface area contributed by atoms with E-state index < -0.39 is 33.8 Å². The Bertz CT molecular complexity index is 327. The van der Waals surface area contributed by atoms with Crippen molar-refractivity contribution < 1.29 is 12.3 Å². The van der Waals surface area contributed by atoms with Gasteiger partial charge in [-0.1, -0.05) is 20.8 Å². The van der Waals surface area contributed by atoms with Gasteiger partial charge in [-0.3, -0.25) is 0 Å². The van der Waals surface area contributed by atoms with Crippen LogP contribution in [0.1, 0.15) is 20.8 Å². The average Bonchev–Trinajstić information content (AvgIpc) is 1.88. The molecule has 0 bridgehead atoms. The molecule has 3 nitrogen and oxygen atoms in total. The van der Waals surface area contributed by atoms with Gasteiger partial charge in [0.1, 0.15) is 0 Å². The fourth-order valence-electron chi connectivity index (χ4n) is 2.14. The highest BCUT2D eigenvalue weighted by Gasteiger charge is 2.46. The second-order valence-corrected chi connectivity index (χ2v) is 25.8. The first-order valence-corrected chi connectivity index (χ1v) is 19.4. The molecule has 0 N–H and O–H groups in total. The summed E-state index contributed by atoms with van der Waals surface area (Å²) >= 11 is 0. The summed E-state index contributed by atoms with van der Waals surface area (Å²) < 4.78 is 19.3. The van der Waals surface area contributed by atoms with E-state index >= 15 is 0 Å². The van der Waals surface area contributed by atoms with E-state index in [2.05, 4.69) is 79.7 Å². The summed E-state index contributed by atoms with van der Waals surface area (Å²) in [4.78, 5) is 0. The molecule has 0 rings (SSSR count). The first-order valence-electron chi connectivity index (χ1n) is 7.47. The molecule has 0 aromatic carbocycles. The predicted molar refractivity (Wildman–Crippen MR) is 98.8 cm³/mol. The van der Waals surface area contributed by atoms with Crippen LogP contribution in [0.2, 0.25) is 64.0 Å². The average molecular weight is 353 g/mol. The predicted octanol–water partition coefficient (Wildman–Crippen LogP) is 5.28. The van der Waals surface area contributed by atoms with Gasteiger partial charge >= 0.3 is 17.1 Å². The fourth-order valence-corrected chi connectivity index (χ4v) is 20.0. The van der Waals surface area contributed by atoms with Crippen LogP contribution in [0.3, 0.4) is 0 Å². The molecular formula is C13H36O3Si4. The van der Waals surface area contributed by atoms with Crippen LogP contribution < -0.4 is 0 Å². The van der Waals surface area contributed by atoms with E-state index in [9.17, 15) is 0 Å². The summed E-state index contributed by atoms with van der Waals surface area (Å²) in [5.74, 6) is 0. The molecule has 0 aliphatic rings. The summed E-state index contributed by atoms with van der Waals surface area (Å²) in [7, 11) is -7.63. The second kappa shape index (κ2) is 6.09. The minimum atomic E-state index is -2.16. The first-order chi connectivity index (χ1) is 8.37. The lowest BCUT2D eigenvalue weighted by atomic mass is 10.2. The van der Waals surface area contributed by atoms with E-state index in [1.807, 2.05) is 0 Å². The maximum atomic E-state index is 6.57. The van der Waals surface area contributed by atoms with Crippen LogP contribution in [0.15, 0.2) is 0 Å². The number of hydrogen-bond donors (Lipinski definition) is 0. The van der Waals surface area contributed by atoms with Gasteiger partial charge in [-0.05, 0) is 64.0 Å². The molecule has 0 aliphatic carbocycles. The van der Waals surface area contributed by atoms with Gasteiger partial charge in [0.15, 0.2) is 16.6 Å². The Morgan fingerprint density at radius 2 is 0.900 bits per heavy atom. The maximum absolute atomic E-state index is 6.57. The van der Waals surface area contributed by atoms with Crippen LogP contribution in [-0.2, 0) is 12.3 Å². The van der Waals surface area contributed by atoms with E-state index in [0.29, 0.717) is 0 Å². The molecule has 20 heavy (non-hydrogen) atoms. The Balaban J connectivity index is 4.92. The van der Waals surface area contributed by atoms with E-state index in [0.717, 1.165) is 0 Å². The van der Waals surface area contributed by atoms with Crippen molar-refractivity contribution in [2.75, 3.05) is 0 Å². The van der Waals surface area contributed by atoms with Crippen molar-refractivity contribution in [1.29, 1.82) is 0 Å². The molecule has 0 aromatic rings. The highest BCUT2D eigenvalue weighted by Crippen LogP contribution is 2.39. The van der Waals surface area contributed by atoms with Crippen LogP contribution in [0, 0.1) is 0 Å². The largest absolute Gasteiger partial charge is 0.437 e. The van der Waals surface area contributed by atoms with Gasteiger partial charge in [0.25, 0.3) is 0 Å². The maximum Gasteiger partial charge on any atom is 0.312 e. The highest BCUT2D eigenvalue weighted by atomic mass is 28.5. The molecule has 0 radical (unpaired) electrons. The van der Waals surface area contributed by atoms with E-state index in [1.165, 1.54) is 0 Å². The van der Waals surface area contributed by atoms with Gasteiger partial charge in [0.2, 0.25) is 0 Å². The lowest BCUT2D eigenvalue weighted by molar-refractivity contribution is 0.322.